The maximum Gasteiger partial charge on any atom is 0.345 e. The highest BCUT2D eigenvalue weighted by atomic mass is 19.3. The van der Waals surface area contributed by atoms with Crippen LogP contribution >= 0.6 is 0 Å². The van der Waals surface area contributed by atoms with E-state index >= 15 is 0 Å². The molecule has 1 aromatic rings. The van der Waals surface area contributed by atoms with E-state index in [1.54, 1.807) is 10.9 Å². The number of nitrogens with zero attached hydrogens (tertiary/aromatic N) is 2. The molecule has 2 N–H and O–H groups in total. The van der Waals surface area contributed by atoms with Crippen LogP contribution in [0.5, 0.6) is 0 Å². The highest BCUT2D eigenvalue weighted by molar-refractivity contribution is 5.39. The molecule has 6 heteroatoms. The number of nitrogen functional groups attached to an aromatic ring is 1. The summed E-state index contributed by atoms with van der Waals surface area (Å²) < 4.78 is 29.8. The van der Waals surface area contributed by atoms with Gasteiger partial charge >= 0.3 is 6.61 Å². The average molecular weight is 217 g/mol. The van der Waals surface area contributed by atoms with E-state index in [9.17, 15) is 8.78 Å². The smallest absolute Gasteiger partial charge is 0.345 e. The van der Waals surface area contributed by atoms with Gasteiger partial charge in [0.25, 0.3) is 0 Å². The fourth-order valence-corrected chi connectivity index (χ4v) is 1.69. The Kier molecular flexibility index (Phi) is 2.60. The summed E-state index contributed by atoms with van der Waals surface area (Å²) in [7, 11) is 0. The summed E-state index contributed by atoms with van der Waals surface area (Å²) in [5.41, 5.74) is 7.04. The summed E-state index contributed by atoms with van der Waals surface area (Å²) >= 11 is 0. The quantitative estimate of drug-likeness (QED) is 0.838. The second-order valence-corrected chi connectivity index (χ2v) is 3.79. The number of rotatable bonds is 3. The first-order valence-corrected chi connectivity index (χ1v) is 4.81. The van der Waals surface area contributed by atoms with Gasteiger partial charge in [-0.3, -0.25) is 4.68 Å². The molecule has 84 valence electrons. The fraction of sp³-hybridized carbons (Fsp3) is 0.667. The second kappa shape index (κ2) is 3.77. The van der Waals surface area contributed by atoms with Crippen LogP contribution in [0.15, 0.2) is 6.20 Å². The number of alkyl halides is 2. The molecule has 1 heterocycles. The first kappa shape index (κ1) is 10.4. The minimum Gasteiger partial charge on any atom is -0.396 e. The van der Waals surface area contributed by atoms with Crippen LogP contribution in [0.3, 0.4) is 0 Å². The van der Waals surface area contributed by atoms with Crippen LogP contribution in [0.1, 0.15) is 24.6 Å². The van der Waals surface area contributed by atoms with Gasteiger partial charge in [0.15, 0.2) is 0 Å². The van der Waals surface area contributed by atoms with Crippen molar-refractivity contribution in [3.63, 3.8) is 0 Å². The monoisotopic (exact) mass is 217 g/mol. The van der Waals surface area contributed by atoms with Gasteiger partial charge in [-0.15, -0.1) is 0 Å². The summed E-state index contributed by atoms with van der Waals surface area (Å²) in [5, 5.41) is 4.19. The van der Waals surface area contributed by atoms with Gasteiger partial charge in [0.1, 0.15) is 0 Å². The van der Waals surface area contributed by atoms with Crippen LogP contribution in [0.25, 0.3) is 0 Å². The minimum absolute atomic E-state index is 0.143. The fourth-order valence-electron chi connectivity index (χ4n) is 1.69. The van der Waals surface area contributed by atoms with Gasteiger partial charge in [0, 0.05) is 6.20 Å². The van der Waals surface area contributed by atoms with Crippen molar-refractivity contribution in [2.45, 2.75) is 38.5 Å². The first-order chi connectivity index (χ1) is 7.06. The number of hydrogen-bond donors (Lipinski definition) is 1. The van der Waals surface area contributed by atoms with E-state index in [0.29, 0.717) is 18.5 Å². The zero-order valence-corrected chi connectivity index (χ0v) is 8.36. The number of aryl methyl sites for hydroxylation is 1. The zero-order chi connectivity index (χ0) is 11.0. The molecule has 4 nitrogen and oxygen atoms in total. The molecule has 0 unspecified atom stereocenters. The Morgan fingerprint density at radius 2 is 2.27 bits per heavy atom. The molecule has 1 aliphatic carbocycles. The lowest BCUT2D eigenvalue weighted by molar-refractivity contribution is -0.189. The predicted molar refractivity (Wildman–Crippen MR) is 50.5 cm³/mol. The van der Waals surface area contributed by atoms with Crippen molar-refractivity contribution in [2.24, 2.45) is 0 Å². The van der Waals surface area contributed by atoms with Crippen LogP contribution in [0.2, 0.25) is 0 Å². The van der Waals surface area contributed by atoms with E-state index < -0.39 is 6.61 Å². The summed E-state index contributed by atoms with van der Waals surface area (Å²) in [6.45, 7) is -0.863. The molecule has 0 atom stereocenters. The second-order valence-electron chi connectivity index (χ2n) is 3.79. The van der Waals surface area contributed by atoms with Crippen LogP contribution in [0, 0.1) is 6.92 Å². The van der Waals surface area contributed by atoms with Crippen LogP contribution in [-0.2, 0) is 4.74 Å². The minimum atomic E-state index is -2.68. The van der Waals surface area contributed by atoms with Gasteiger partial charge in [0.05, 0.1) is 23.5 Å². The van der Waals surface area contributed by atoms with Crippen molar-refractivity contribution in [2.75, 3.05) is 5.73 Å². The molecule has 1 saturated carbocycles. The van der Waals surface area contributed by atoms with Crippen LogP contribution in [-0.4, -0.2) is 22.5 Å². The van der Waals surface area contributed by atoms with E-state index in [0.717, 1.165) is 5.69 Å². The zero-order valence-electron chi connectivity index (χ0n) is 8.36. The van der Waals surface area contributed by atoms with E-state index in [4.69, 9.17) is 5.73 Å². The van der Waals surface area contributed by atoms with Gasteiger partial charge < -0.3 is 10.5 Å². The highest BCUT2D eigenvalue weighted by Gasteiger charge is 2.33. The number of aromatic nitrogens is 2. The normalized spacial score (nSPS) is 25.6. The molecule has 0 radical (unpaired) electrons. The Hall–Kier alpha value is -1.17. The third kappa shape index (κ3) is 2.09. The topological polar surface area (TPSA) is 53.1 Å². The number of ether oxygens (including phenoxy) is 1. The van der Waals surface area contributed by atoms with E-state index in [-0.39, 0.29) is 12.1 Å². The van der Waals surface area contributed by atoms with Gasteiger partial charge in [-0.25, -0.2) is 0 Å². The Labute approximate surface area is 86.0 Å². The molecule has 0 amide bonds. The van der Waals surface area contributed by atoms with Crippen LogP contribution in [0.4, 0.5) is 14.5 Å². The summed E-state index contributed by atoms with van der Waals surface area (Å²) in [4.78, 5) is 0. The largest absolute Gasteiger partial charge is 0.396 e. The summed E-state index contributed by atoms with van der Waals surface area (Å²) in [6, 6.07) is 0.143. The lowest BCUT2D eigenvalue weighted by Crippen LogP contribution is -2.34. The Balaban J connectivity index is 1.89. The van der Waals surface area contributed by atoms with E-state index in [1.807, 2.05) is 6.92 Å². The lowest BCUT2D eigenvalue weighted by atomic mass is 9.89. The molecule has 15 heavy (non-hydrogen) atoms. The molecule has 1 fully saturated rings. The van der Waals surface area contributed by atoms with Gasteiger partial charge in [0.2, 0.25) is 0 Å². The van der Waals surface area contributed by atoms with E-state index in [1.165, 1.54) is 0 Å². The third-order valence-corrected chi connectivity index (χ3v) is 2.69. The number of anilines is 1. The summed E-state index contributed by atoms with van der Waals surface area (Å²) in [6.07, 6.45) is 2.54. The van der Waals surface area contributed by atoms with Crippen molar-refractivity contribution in [3.05, 3.63) is 11.9 Å². The van der Waals surface area contributed by atoms with Crippen molar-refractivity contribution < 1.29 is 13.5 Å². The molecule has 0 saturated heterocycles. The first-order valence-electron chi connectivity index (χ1n) is 4.81. The average Bonchev–Trinajstić information content (AvgIpc) is 2.38. The van der Waals surface area contributed by atoms with Crippen molar-refractivity contribution in [1.82, 2.24) is 9.78 Å². The number of halogens is 2. The highest BCUT2D eigenvalue weighted by Crippen LogP contribution is 2.35. The molecule has 1 aromatic heterocycles. The molecule has 0 bridgehead atoms. The molecule has 0 aromatic carbocycles. The molecular weight excluding hydrogens is 204 g/mol. The van der Waals surface area contributed by atoms with Crippen molar-refractivity contribution in [3.8, 4) is 0 Å². The molecule has 0 spiro atoms. The standard InChI is InChI=1S/C9H13F2N3O/c1-5-8(12)4-14(13-5)6-2-7(3-6)15-9(10)11/h4,6-7,9H,2-3,12H2,1H3. The maximum absolute atomic E-state index is 11.8. The Morgan fingerprint density at radius 1 is 1.60 bits per heavy atom. The number of nitrogens with two attached hydrogens (primary N) is 1. The van der Waals surface area contributed by atoms with Crippen molar-refractivity contribution in [1.29, 1.82) is 0 Å². The van der Waals surface area contributed by atoms with Crippen LogP contribution < -0.4 is 5.73 Å². The predicted octanol–water partition coefficient (Wildman–Crippen LogP) is 1.72. The van der Waals surface area contributed by atoms with Crippen molar-refractivity contribution >= 4 is 5.69 Å². The maximum atomic E-state index is 11.8. The molecule has 2 rings (SSSR count). The van der Waals surface area contributed by atoms with Gasteiger partial charge in [-0.1, -0.05) is 0 Å². The molecular formula is C9H13F2N3O. The molecule has 0 aliphatic heterocycles. The Morgan fingerprint density at radius 3 is 2.73 bits per heavy atom. The molecule has 1 aliphatic rings. The number of hydrogen-bond acceptors (Lipinski definition) is 3. The lowest BCUT2D eigenvalue weighted by Gasteiger charge is -2.34. The Bertz CT molecular complexity index is 328. The summed E-state index contributed by atoms with van der Waals surface area (Å²) in [5.74, 6) is 0. The third-order valence-electron chi connectivity index (χ3n) is 2.69. The van der Waals surface area contributed by atoms with Gasteiger partial charge in [-0.05, 0) is 19.8 Å². The van der Waals surface area contributed by atoms with E-state index in [2.05, 4.69) is 9.84 Å². The SMILES string of the molecule is Cc1nn(C2CC(OC(F)F)C2)cc1N. The van der Waals surface area contributed by atoms with Gasteiger partial charge in [-0.2, -0.15) is 13.9 Å².